The number of aromatic nitrogens is 1. The molecule has 0 bridgehead atoms. The summed E-state index contributed by atoms with van der Waals surface area (Å²) in [7, 11) is -0.356. The van der Waals surface area contributed by atoms with E-state index in [1.807, 2.05) is 12.1 Å². The summed E-state index contributed by atoms with van der Waals surface area (Å²) in [5.41, 5.74) is 0.554. The van der Waals surface area contributed by atoms with Crippen LogP contribution in [-0.2, 0) is 9.73 Å². The zero-order valence-electron chi connectivity index (χ0n) is 9.67. The molecule has 1 fully saturated rings. The van der Waals surface area contributed by atoms with E-state index in [0.717, 1.165) is 5.82 Å². The first-order valence-electron chi connectivity index (χ1n) is 5.38. The summed E-state index contributed by atoms with van der Waals surface area (Å²) in [5.74, 6) is 2.01. The molecule has 1 aromatic heterocycles. The lowest BCUT2D eigenvalue weighted by molar-refractivity contribution is 0.664. The van der Waals surface area contributed by atoms with Gasteiger partial charge >= 0.3 is 0 Å². The van der Waals surface area contributed by atoms with Crippen LogP contribution in [-0.4, -0.2) is 40.8 Å². The number of nitrogens with zero attached hydrogens (tertiary/aromatic N) is 4. The van der Waals surface area contributed by atoms with Gasteiger partial charge in [0.2, 0.25) is 0 Å². The molecule has 0 amide bonds. The van der Waals surface area contributed by atoms with E-state index in [0.29, 0.717) is 30.2 Å². The van der Waals surface area contributed by atoms with Crippen molar-refractivity contribution >= 4 is 15.5 Å². The number of nitriles is 1. The highest BCUT2D eigenvalue weighted by Crippen LogP contribution is 2.15. The molecule has 0 unspecified atom stereocenters. The maximum atomic E-state index is 12.0. The molecule has 2 heterocycles. The Hall–Kier alpha value is -1.61. The predicted molar refractivity (Wildman–Crippen MR) is 67.4 cm³/mol. The second-order valence-corrected chi connectivity index (χ2v) is 6.59. The van der Waals surface area contributed by atoms with Crippen LogP contribution in [0, 0.1) is 11.3 Å². The standard InChI is InChI=1S/C11H14N4OS/c1-13-17(16)6-4-15(5-7-17)11-3-2-10(8-12)9-14-11/h2-3,9H,4-7H2,1H3. The first-order chi connectivity index (χ1) is 8.17. The molecule has 1 aromatic rings. The Morgan fingerprint density at radius 1 is 1.47 bits per heavy atom. The lowest BCUT2D eigenvalue weighted by Crippen LogP contribution is -2.40. The van der Waals surface area contributed by atoms with E-state index in [1.165, 1.54) is 0 Å². The topological polar surface area (TPSA) is 69.3 Å². The van der Waals surface area contributed by atoms with E-state index in [4.69, 9.17) is 5.26 Å². The molecule has 0 atom stereocenters. The molecule has 0 aliphatic carbocycles. The van der Waals surface area contributed by atoms with Crippen molar-refractivity contribution in [3.05, 3.63) is 23.9 Å². The maximum Gasteiger partial charge on any atom is 0.128 e. The van der Waals surface area contributed by atoms with Crippen molar-refractivity contribution in [1.82, 2.24) is 4.98 Å². The molecular formula is C11H14N4OS. The van der Waals surface area contributed by atoms with E-state index < -0.39 is 9.73 Å². The fourth-order valence-electron chi connectivity index (χ4n) is 1.77. The van der Waals surface area contributed by atoms with Crippen molar-refractivity contribution < 1.29 is 4.21 Å². The van der Waals surface area contributed by atoms with Crippen LogP contribution in [0.4, 0.5) is 5.82 Å². The molecule has 1 saturated heterocycles. The van der Waals surface area contributed by atoms with Crippen LogP contribution < -0.4 is 4.90 Å². The Balaban J connectivity index is 2.11. The first kappa shape index (κ1) is 11.9. The van der Waals surface area contributed by atoms with Crippen molar-refractivity contribution in [2.45, 2.75) is 0 Å². The van der Waals surface area contributed by atoms with E-state index in [9.17, 15) is 4.21 Å². The molecule has 90 valence electrons. The average molecular weight is 250 g/mol. The highest BCUT2D eigenvalue weighted by molar-refractivity contribution is 7.93. The SMILES string of the molecule is CN=S1(=O)CCN(c2ccc(C#N)cn2)CC1. The Labute approximate surface area is 101 Å². The van der Waals surface area contributed by atoms with Gasteiger partial charge in [0, 0.05) is 47.6 Å². The molecule has 0 N–H and O–H groups in total. The number of hydrogen-bond acceptors (Lipinski definition) is 5. The van der Waals surface area contributed by atoms with Crippen LogP contribution in [0.2, 0.25) is 0 Å². The van der Waals surface area contributed by atoms with Gasteiger partial charge in [-0.3, -0.25) is 0 Å². The maximum absolute atomic E-state index is 12.0. The number of anilines is 1. The van der Waals surface area contributed by atoms with Gasteiger partial charge in [-0.05, 0) is 12.1 Å². The van der Waals surface area contributed by atoms with Gasteiger partial charge in [-0.15, -0.1) is 0 Å². The van der Waals surface area contributed by atoms with Crippen LogP contribution in [0.3, 0.4) is 0 Å². The van der Waals surface area contributed by atoms with Crippen molar-refractivity contribution in [3.8, 4) is 6.07 Å². The van der Waals surface area contributed by atoms with Gasteiger partial charge < -0.3 is 4.90 Å². The summed E-state index contributed by atoms with van der Waals surface area (Å²) >= 11 is 0. The van der Waals surface area contributed by atoms with Gasteiger partial charge in [-0.1, -0.05) is 0 Å². The predicted octanol–water partition coefficient (Wildman–Crippen LogP) is 0.871. The van der Waals surface area contributed by atoms with Gasteiger partial charge in [0.25, 0.3) is 0 Å². The first-order valence-corrected chi connectivity index (χ1v) is 7.24. The third-order valence-electron chi connectivity index (χ3n) is 2.89. The molecular weight excluding hydrogens is 236 g/mol. The molecule has 1 aliphatic rings. The van der Waals surface area contributed by atoms with Gasteiger partial charge in [0.1, 0.15) is 11.9 Å². The molecule has 1 aliphatic heterocycles. The second-order valence-electron chi connectivity index (χ2n) is 3.87. The highest BCUT2D eigenvalue weighted by atomic mass is 32.2. The molecule has 0 aromatic carbocycles. The third-order valence-corrected chi connectivity index (χ3v) is 5.20. The van der Waals surface area contributed by atoms with Crippen LogP contribution in [0.5, 0.6) is 0 Å². The van der Waals surface area contributed by atoms with Gasteiger partial charge in [-0.25, -0.2) is 13.6 Å². The Morgan fingerprint density at radius 2 is 2.18 bits per heavy atom. The van der Waals surface area contributed by atoms with Crippen molar-refractivity contribution in [2.75, 3.05) is 36.5 Å². The average Bonchev–Trinajstić information content (AvgIpc) is 2.40. The third kappa shape index (κ3) is 2.56. The lowest BCUT2D eigenvalue weighted by Gasteiger charge is -2.29. The molecule has 0 saturated carbocycles. The summed E-state index contributed by atoms with van der Waals surface area (Å²) < 4.78 is 16.0. The Kier molecular flexibility index (Phi) is 3.29. The summed E-state index contributed by atoms with van der Waals surface area (Å²) in [4.78, 5) is 6.31. The summed E-state index contributed by atoms with van der Waals surface area (Å²) in [6.45, 7) is 1.41. The minimum absolute atomic E-state index is 0.554. The number of pyridine rings is 1. The monoisotopic (exact) mass is 250 g/mol. The van der Waals surface area contributed by atoms with Crippen LogP contribution in [0.15, 0.2) is 22.7 Å². The van der Waals surface area contributed by atoms with Gasteiger partial charge in [-0.2, -0.15) is 5.26 Å². The number of hydrogen-bond donors (Lipinski definition) is 0. The van der Waals surface area contributed by atoms with Crippen molar-refractivity contribution in [3.63, 3.8) is 0 Å². The fraction of sp³-hybridized carbons (Fsp3) is 0.455. The zero-order valence-corrected chi connectivity index (χ0v) is 10.5. The molecule has 0 radical (unpaired) electrons. The molecule has 6 heteroatoms. The molecule has 17 heavy (non-hydrogen) atoms. The molecule has 5 nitrogen and oxygen atoms in total. The van der Waals surface area contributed by atoms with Crippen molar-refractivity contribution in [2.24, 2.45) is 4.36 Å². The highest BCUT2D eigenvalue weighted by Gasteiger charge is 2.20. The quantitative estimate of drug-likeness (QED) is 0.741. The largest absolute Gasteiger partial charge is 0.355 e. The van der Waals surface area contributed by atoms with E-state index in [-0.39, 0.29) is 0 Å². The molecule has 0 spiro atoms. The smallest absolute Gasteiger partial charge is 0.128 e. The summed E-state index contributed by atoms with van der Waals surface area (Å²) in [6, 6.07) is 5.61. The van der Waals surface area contributed by atoms with E-state index in [2.05, 4.69) is 14.2 Å². The lowest BCUT2D eigenvalue weighted by atomic mass is 10.3. The Bertz CT molecular complexity index is 538. The minimum atomic E-state index is -1.98. The molecule has 2 rings (SSSR count). The van der Waals surface area contributed by atoms with E-state index >= 15 is 0 Å². The summed E-state index contributed by atoms with van der Waals surface area (Å²) in [5, 5.41) is 8.69. The number of rotatable bonds is 1. The van der Waals surface area contributed by atoms with Crippen LogP contribution >= 0.6 is 0 Å². The zero-order chi connectivity index (χ0) is 12.3. The summed E-state index contributed by atoms with van der Waals surface area (Å²) in [6.07, 6.45) is 1.56. The van der Waals surface area contributed by atoms with Gasteiger partial charge in [0.15, 0.2) is 0 Å². The van der Waals surface area contributed by atoms with Crippen LogP contribution in [0.25, 0.3) is 0 Å². The normalized spacial score (nSPS) is 18.5. The van der Waals surface area contributed by atoms with Gasteiger partial charge in [0.05, 0.1) is 5.56 Å². The fourth-order valence-corrected chi connectivity index (χ4v) is 3.35. The second kappa shape index (κ2) is 4.72. The minimum Gasteiger partial charge on any atom is -0.355 e. The van der Waals surface area contributed by atoms with E-state index in [1.54, 1.807) is 19.3 Å². The van der Waals surface area contributed by atoms with Crippen molar-refractivity contribution in [1.29, 1.82) is 5.26 Å². The van der Waals surface area contributed by atoms with Crippen LogP contribution in [0.1, 0.15) is 5.56 Å². The Morgan fingerprint density at radius 3 is 2.65 bits per heavy atom.